The second-order valence-electron chi connectivity index (χ2n) is 9.44. The molecule has 0 bridgehead atoms. The van der Waals surface area contributed by atoms with Crippen molar-refractivity contribution in [3.8, 4) is 0 Å². The molecule has 4 N–H and O–H groups in total. The summed E-state index contributed by atoms with van der Waals surface area (Å²) in [6.45, 7) is 5.27. The van der Waals surface area contributed by atoms with Crippen molar-refractivity contribution in [1.82, 2.24) is 4.90 Å². The van der Waals surface area contributed by atoms with Gasteiger partial charge in [0, 0.05) is 25.4 Å². The topological polar surface area (TPSA) is 118 Å². The number of halogens is 3. The summed E-state index contributed by atoms with van der Waals surface area (Å²) >= 11 is 0. The molecule has 8 nitrogen and oxygen atoms in total. The number of nitrogens with two attached hydrogens (primary N) is 1. The summed E-state index contributed by atoms with van der Waals surface area (Å²) < 4.78 is 49.0. The molecular formula is C24H33F3N4O4. The first-order chi connectivity index (χ1) is 16.2. The number of hydrogen-bond donors (Lipinski definition) is 3. The van der Waals surface area contributed by atoms with E-state index in [-0.39, 0.29) is 18.7 Å². The zero-order valence-corrected chi connectivity index (χ0v) is 20.4. The lowest BCUT2D eigenvalue weighted by Gasteiger charge is -2.37. The highest BCUT2D eigenvalue weighted by atomic mass is 19.4. The first-order valence-electron chi connectivity index (χ1n) is 11.2. The Morgan fingerprint density at radius 3 is 2.37 bits per heavy atom. The van der Waals surface area contributed by atoms with Gasteiger partial charge in [-0.05, 0) is 70.2 Å². The number of alkyl halides is 3. The van der Waals surface area contributed by atoms with Crippen LogP contribution in [0.5, 0.6) is 0 Å². The molecule has 2 amide bonds. The molecule has 0 spiro atoms. The first-order valence-corrected chi connectivity index (χ1v) is 11.2. The molecule has 194 valence electrons. The molecule has 2 rings (SSSR count). The van der Waals surface area contributed by atoms with Crippen LogP contribution in [0.15, 0.2) is 36.0 Å². The van der Waals surface area contributed by atoms with Gasteiger partial charge >= 0.3 is 12.3 Å². The van der Waals surface area contributed by atoms with Gasteiger partial charge in [0.2, 0.25) is 0 Å². The number of amides is 2. The van der Waals surface area contributed by atoms with Gasteiger partial charge in [-0.3, -0.25) is 15.5 Å². The first kappa shape index (κ1) is 28.2. The van der Waals surface area contributed by atoms with E-state index in [0.717, 1.165) is 0 Å². The zero-order chi connectivity index (χ0) is 26.4. The Hall–Kier alpha value is -3.08. The van der Waals surface area contributed by atoms with E-state index in [1.54, 1.807) is 52.1 Å². The lowest BCUT2D eigenvalue weighted by molar-refractivity contribution is -0.131. The van der Waals surface area contributed by atoms with Crippen molar-refractivity contribution < 1.29 is 32.2 Å². The molecule has 0 aromatic heterocycles. The van der Waals surface area contributed by atoms with E-state index in [2.05, 4.69) is 5.32 Å². The van der Waals surface area contributed by atoms with Crippen LogP contribution in [-0.2, 0) is 20.8 Å². The number of ether oxygens (including phenoxy) is 2. The lowest BCUT2D eigenvalue weighted by atomic mass is 9.91. The molecule has 1 fully saturated rings. The van der Waals surface area contributed by atoms with Crippen LogP contribution in [0, 0.1) is 5.41 Å². The summed E-state index contributed by atoms with van der Waals surface area (Å²) in [6.07, 6.45) is -2.60. The van der Waals surface area contributed by atoms with Crippen LogP contribution in [0.4, 0.5) is 23.7 Å². The molecule has 0 atom stereocenters. The van der Waals surface area contributed by atoms with Crippen molar-refractivity contribution in [2.45, 2.75) is 76.9 Å². The third kappa shape index (κ3) is 8.89. The number of rotatable bonds is 7. The van der Waals surface area contributed by atoms with Gasteiger partial charge in [-0.1, -0.05) is 12.1 Å². The summed E-state index contributed by atoms with van der Waals surface area (Å²) in [7, 11) is 1.61. The number of allylic oxidation sites excluding steroid dienone is 1. The van der Waals surface area contributed by atoms with Gasteiger partial charge < -0.3 is 20.1 Å². The van der Waals surface area contributed by atoms with E-state index in [9.17, 15) is 22.8 Å². The maximum absolute atomic E-state index is 13.1. The van der Waals surface area contributed by atoms with Crippen molar-refractivity contribution in [2.24, 2.45) is 5.73 Å². The minimum atomic E-state index is -4.91. The predicted molar refractivity (Wildman–Crippen MR) is 126 cm³/mol. The molecule has 35 heavy (non-hydrogen) atoms. The smallest absolute Gasteiger partial charge is 0.432 e. The number of methoxy groups -OCH3 is 1. The highest BCUT2D eigenvalue weighted by Gasteiger charge is 2.35. The summed E-state index contributed by atoms with van der Waals surface area (Å²) in [5.41, 5.74) is 3.75. The fourth-order valence-electron chi connectivity index (χ4n) is 3.79. The molecule has 0 unspecified atom stereocenters. The Balaban J connectivity index is 2.26. The highest BCUT2D eigenvalue weighted by Crippen LogP contribution is 2.28. The number of carbonyl (C=O) groups excluding carboxylic acids is 2. The lowest BCUT2D eigenvalue weighted by Crippen LogP contribution is -2.44. The van der Waals surface area contributed by atoms with Crippen molar-refractivity contribution in [3.05, 3.63) is 41.6 Å². The van der Waals surface area contributed by atoms with Crippen LogP contribution in [0.2, 0.25) is 0 Å². The van der Waals surface area contributed by atoms with Crippen LogP contribution in [0.25, 0.3) is 0 Å². The average molecular weight is 499 g/mol. The molecule has 0 heterocycles. The van der Waals surface area contributed by atoms with Crippen molar-refractivity contribution in [1.29, 1.82) is 5.41 Å². The summed E-state index contributed by atoms with van der Waals surface area (Å²) in [5.74, 6) is -0.787. The van der Waals surface area contributed by atoms with Gasteiger partial charge in [0.25, 0.3) is 5.91 Å². The van der Waals surface area contributed by atoms with E-state index in [0.29, 0.717) is 43.0 Å². The van der Waals surface area contributed by atoms with Crippen LogP contribution < -0.4 is 11.1 Å². The average Bonchev–Trinajstić information content (AvgIpc) is 2.75. The van der Waals surface area contributed by atoms with Crippen LogP contribution in [-0.4, -0.2) is 53.6 Å². The van der Waals surface area contributed by atoms with Gasteiger partial charge in [-0.25, -0.2) is 4.79 Å². The van der Waals surface area contributed by atoms with Crippen LogP contribution in [0.3, 0.4) is 0 Å². The Bertz CT molecular complexity index is 949. The highest BCUT2D eigenvalue weighted by molar-refractivity contribution is 6.04. The standard InChI is InChI=1S/C24H33F3N4O4/c1-23(2,3)35-22(33)30-16-7-5-6-15(12-16)14-31(17-8-10-18(34-4)11-9-17)21(32)19(28)13-20(29)24(25,26)27/h5-7,12-13,17-18,29H,8-11,14,28H2,1-4H3,(H,30,33)/b19-13-,29-20?/t17-,18-. The van der Waals surface area contributed by atoms with Crippen molar-refractivity contribution in [3.63, 3.8) is 0 Å². The Kier molecular flexibility index (Phi) is 9.31. The molecule has 0 saturated heterocycles. The second kappa shape index (κ2) is 11.6. The third-order valence-corrected chi connectivity index (χ3v) is 5.46. The fourth-order valence-corrected chi connectivity index (χ4v) is 3.79. The largest absolute Gasteiger partial charge is 0.444 e. The normalized spacial score (nSPS) is 19.1. The third-order valence-electron chi connectivity index (χ3n) is 5.46. The molecule has 1 aliphatic carbocycles. The SMILES string of the molecule is CO[C@H]1CC[C@H](N(Cc2cccc(NC(=O)OC(C)(C)C)c2)C(=O)/C(N)=C/C(=N)C(F)(F)F)CC1. The van der Waals surface area contributed by atoms with Crippen molar-refractivity contribution >= 4 is 23.4 Å². The monoisotopic (exact) mass is 498 g/mol. The molecular weight excluding hydrogens is 465 g/mol. The number of anilines is 1. The number of nitrogens with one attached hydrogen (secondary N) is 2. The maximum Gasteiger partial charge on any atom is 0.432 e. The molecule has 1 aliphatic rings. The molecule has 1 aromatic rings. The van der Waals surface area contributed by atoms with Crippen molar-refractivity contribution in [2.75, 3.05) is 12.4 Å². The quantitative estimate of drug-likeness (QED) is 0.371. The summed E-state index contributed by atoms with van der Waals surface area (Å²) in [4.78, 5) is 26.7. The minimum Gasteiger partial charge on any atom is -0.444 e. The van der Waals surface area contributed by atoms with E-state index < -0.39 is 35.2 Å². The maximum atomic E-state index is 13.1. The Morgan fingerprint density at radius 1 is 1.20 bits per heavy atom. The van der Waals surface area contributed by atoms with Gasteiger partial charge in [-0.2, -0.15) is 13.2 Å². The Morgan fingerprint density at radius 2 is 1.83 bits per heavy atom. The van der Waals surface area contributed by atoms with Crippen LogP contribution in [0.1, 0.15) is 52.0 Å². The van der Waals surface area contributed by atoms with Gasteiger partial charge in [-0.15, -0.1) is 0 Å². The molecule has 1 saturated carbocycles. The van der Waals surface area contributed by atoms with E-state index >= 15 is 0 Å². The molecule has 0 aliphatic heterocycles. The number of nitrogens with zero attached hydrogens (tertiary/aromatic N) is 1. The summed E-state index contributed by atoms with van der Waals surface area (Å²) in [5, 5.41) is 9.79. The summed E-state index contributed by atoms with van der Waals surface area (Å²) in [6, 6.07) is 6.46. The zero-order valence-electron chi connectivity index (χ0n) is 20.4. The Labute approximate surface area is 203 Å². The minimum absolute atomic E-state index is 0.0517. The van der Waals surface area contributed by atoms with Gasteiger partial charge in [0.1, 0.15) is 11.3 Å². The molecule has 0 radical (unpaired) electrons. The number of hydrogen-bond acceptors (Lipinski definition) is 6. The molecule has 1 aromatic carbocycles. The van der Waals surface area contributed by atoms with E-state index in [1.807, 2.05) is 0 Å². The fraction of sp³-hybridized carbons (Fsp3) is 0.542. The second-order valence-corrected chi connectivity index (χ2v) is 9.44. The van der Waals surface area contributed by atoms with Crippen LogP contribution >= 0.6 is 0 Å². The van der Waals surface area contributed by atoms with E-state index in [1.165, 1.54) is 4.90 Å². The molecule has 11 heteroatoms. The predicted octanol–water partition coefficient (Wildman–Crippen LogP) is 4.74. The van der Waals surface area contributed by atoms with Gasteiger partial charge in [0.05, 0.1) is 11.8 Å². The van der Waals surface area contributed by atoms with Gasteiger partial charge in [0.15, 0.2) is 0 Å². The van der Waals surface area contributed by atoms with E-state index in [4.69, 9.17) is 20.6 Å². The number of carbonyl (C=O) groups is 2. The number of benzene rings is 1.